The van der Waals surface area contributed by atoms with E-state index in [0.717, 1.165) is 70.6 Å². The third-order valence-electron chi connectivity index (χ3n) is 11.8. The summed E-state index contributed by atoms with van der Waals surface area (Å²) >= 11 is 0. The van der Waals surface area contributed by atoms with Crippen LogP contribution in [0.5, 0.6) is 0 Å². The third-order valence-corrected chi connectivity index (χ3v) is 11.8. The smallest absolute Gasteiger partial charge is 0.220 e. The first-order chi connectivity index (χ1) is 29.2. The molecule has 0 rings (SSSR count). The number of rotatable bonds is 47. The van der Waals surface area contributed by atoms with Gasteiger partial charge in [-0.3, -0.25) is 4.79 Å². The van der Waals surface area contributed by atoms with Gasteiger partial charge in [-0.15, -0.1) is 0 Å². The van der Waals surface area contributed by atoms with Crippen LogP contribution in [-0.4, -0.2) is 34.9 Å². The van der Waals surface area contributed by atoms with Gasteiger partial charge in [0.25, 0.3) is 0 Å². The van der Waals surface area contributed by atoms with Crippen molar-refractivity contribution in [3.05, 3.63) is 60.8 Å². The molecule has 0 bridgehead atoms. The molecule has 0 aliphatic carbocycles. The zero-order chi connectivity index (χ0) is 42.8. The molecule has 0 radical (unpaired) electrons. The summed E-state index contributed by atoms with van der Waals surface area (Å²) in [6.45, 7) is 4.25. The van der Waals surface area contributed by atoms with Gasteiger partial charge in [0.2, 0.25) is 5.91 Å². The van der Waals surface area contributed by atoms with Crippen molar-refractivity contribution in [1.82, 2.24) is 5.32 Å². The second kappa shape index (κ2) is 50.4. The number of unbranched alkanes of at least 4 members (excludes halogenated alkanes) is 30. The average Bonchev–Trinajstić information content (AvgIpc) is 3.24. The quantitative estimate of drug-likeness (QED) is 0.0423. The van der Waals surface area contributed by atoms with Gasteiger partial charge in [0, 0.05) is 6.42 Å². The van der Waals surface area contributed by atoms with E-state index in [1.54, 1.807) is 0 Å². The van der Waals surface area contributed by atoms with Crippen molar-refractivity contribution in [2.24, 2.45) is 0 Å². The lowest BCUT2D eigenvalue weighted by atomic mass is 10.0. The van der Waals surface area contributed by atoms with Crippen LogP contribution in [0.2, 0.25) is 0 Å². The van der Waals surface area contributed by atoms with Crippen molar-refractivity contribution in [3.63, 3.8) is 0 Å². The van der Waals surface area contributed by atoms with Crippen molar-refractivity contribution < 1.29 is 15.0 Å². The van der Waals surface area contributed by atoms with Crippen LogP contribution < -0.4 is 5.32 Å². The zero-order valence-electron chi connectivity index (χ0n) is 39.5. The second-order valence-electron chi connectivity index (χ2n) is 17.6. The monoisotopic (exact) mass is 824 g/mol. The highest BCUT2D eigenvalue weighted by atomic mass is 16.3. The Labute approximate surface area is 368 Å². The Kier molecular flexibility index (Phi) is 48.8. The maximum atomic E-state index is 12.5. The number of carbonyl (C=O) groups is 1. The number of carbonyl (C=O) groups excluding carboxylic acids is 1. The summed E-state index contributed by atoms with van der Waals surface area (Å²) in [6.07, 6.45) is 70.4. The van der Waals surface area contributed by atoms with E-state index >= 15 is 0 Å². The zero-order valence-corrected chi connectivity index (χ0v) is 39.5. The Morgan fingerprint density at radius 1 is 0.424 bits per heavy atom. The molecule has 344 valence electrons. The molecule has 0 aromatic carbocycles. The Morgan fingerprint density at radius 2 is 0.746 bits per heavy atom. The van der Waals surface area contributed by atoms with Gasteiger partial charge < -0.3 is 15.5 Å². The van der Waals surface area contributed by atoms with Crippen LogP contribution in [0.4, 0.5) is 0 Å². The number of hydrogen-bond donors (Lipinski definition) is 3. The Morgan fingerprint density at radius 3 is 1.12 bits per heavy atom. The van der Waals surface area contributed by atoms with Crippen LogP contribution in [0, 0.1) is 0 Å². The maximum Gasteiger partial charge on any atom is 0.220 e. The molecular weight excluding hydrogens is 723 g/mol. The summed E-state index contributed by atoms with van der Waals surface area (Å²) in [4.78, 5) is 12.5. The fourth-order valence-corrected chi connectivity index (χ4v) is 7.86. The molecule has 0 aromatic rings. The van der Waals surface area contributed by atoms with Gasteiger partial charge in [-0.25, -0.2) is 0 Å². The SMILES string of the molecule is CC/C=C\C/C=C\C/C=C\C/C=C\C/C=C\CCCCCCCC(=O)NC(CO)C(O)CCCCCCCCCCCCCCCCCCCCCCCCCCCC. The highest BCUT2D eigenvalue weighted by Gasteiger charge is 2.20. The van der Waals surface area contributed by atoms with Gasteiger partial charge in [0.15, 0.2) is 0 Å². The molecule has 4 nitrogen and oxygen atoms in total. The summed E-state index contributed by atoms with van der Waals surface area (Å²) in [5, 5.41) is 23.3. The van der Waals surface area contributed by atoms with E-state index in [0.29, 0.717) is 12.8 Å². The Balaban J connectivity index is 3.51. The molecule has 0 fully saturated rings. The van der Waals surface area contributed by atoms with Crippen LogP contribution in [-0.2, 0) is 4.79 Å². The summed E-state index contributed by atoms with van der Waals surface area (Å²) in [5.41, 5.74) is 0. The van der Waals surface area contributed by atoms with Crippen molar-refractivity contribution in [3.8, 4) is 0 Å². The molecule has 0 aliphatic heterocycles. The molecule has 0 saturated heterocycles. The molecule has 0 saturated carbocycles. The van der Waals surface area contributed by atoms with E-state index in [2.05, 4.69) is 79.9 Å². The normalized spacial score (nSPS) is 13.4. The molecule has 2 atom stereocenters. The lowest BCUT2D eigenvalue weighted by Crippen LogP contribution is -2.45. The van der Waals surface area contributed by atoms with E-state index in [-0.39, 0.29) is 12.5 Å². The first-order valence-electron chi connectivity index (χ1n) is 26.0. The summed E-state index contributed by atoms with van der Waals surface area (Å²) in [7, 11) is 0. The minimum absolute atomic E-state index is 0.0492. The van der Waals surface area contributed by atoms with Crippen LogP contribution in [0.25, 0.3) is 0 Å². The minimum Gasteiger partial charge on any atom is -0.394 e. The van der Waals surface area contributed by atoms with Crippen LogP contribution in [0.15, 0.2) is 60.8 Å². The largest absolute Gasteiger partial charge is 0.394 e. The highest BCUT2D eigenvalue weighted by molar-refractivity contribution is 5.76. The maximum absolute atomic E-state index is 12.5. The molecule has 0 spiro atoms. The predicted octanol–water partition coefficient (Wildman–Crippen LogP) is 16.9. The Hall–Kier alpha value is -1.91. The van der Waals surface area contributed by atoms with Gasteiger partial charge in [0.05, 0.1) is 18.8 Å². The van der Waals surface area contributed by atoms with E-state index < -0.39 is 12.1 Å². The lowest BCUT2D eigenvalue weighted by molar-refractivity contribution is -0.123. The summed E-state index contributed by atoms with van der Waals surface area (Å²) in [6, 6.07) is -0.551. The fourth-order valence-electron chi connectivity index (χ4n) is 7.86. The van der Waals surface area contributed by atoms with Crippen LogP contribution in [0.3, 0.4) is 0 Å². The second-order valence-corrected chi connectivity index (χ2v) is 17.6. The van der Waals surface area contributed by atoms with E-state index in [9.17, 15) is 15.0 Å². The van der Waals surface area contributed by atoms with Gasteiger partial charge in [-0.2, -0.15) is 0 Å². The minimum atomic E-state index is -0.672. The average molecular weight is 824 g/mol. The highest BCUT2D eigenvalue weighted by Crippen LogP contribution is 2.17. The van der Waals surface area contributed by atoms with E-state index in [1.807, 2.05) is 0 Å². The Bertz CT molecular complexity index is 981. The third kappa shape index (κ3) is 47.0. The van der Waals surface area contributed by atoms with Gasteiger partial charge in [-0.1, -0.05) is 261 Å². The van der Waals surface area contributed by atoms with Gasteiger partial charge >= 0.3 is 0 Å². The number of aliphatic hydroxyl groups is 2. The molecule has 0 aromatic heterocycles. The van der Waals surface area contributed by atoms with Gasteiger partial charge in [0.1, 0.15) is 0 Å². The molecule has 2 unspecified atom stereocenters. The van der Waals surface area contributed by atoms with Crippen molar-refractivity contribution >= 4 is 5.91 Å². The number of allylic oxidation sites excluding steroid dienone is 10. The fraction of sp³-hybridized carbons (Fsp3) is 0.800. The van der Waals surface area contributed by atoms with Crippen molar-refractivity contribution in [2.45, 2.75) is 276 Å². The molecular formula is C55H101NO3. The van der Waals surface area contributed by atoms with E-state index in [1.165, 1.54) is 167 Å². The van der Waals surface area contributed by atoms with Crippen LogP contribution >= 0.6 is 0 Å². The molecule has 0 aliphatic rings. The van der Waals surface area contributed by atoms with Crippen molar-refractivity contribution in [1.29, 1.82) is 0 Å². The van der Waals surface area contributed by atoms with Crippen molar-refractivity contribution in [2.75, 3.05) is 6.61 Å². The molecule has 4 heteroatoms. The first-order valence-corrected chi connectivity index (χ1v) is 26.0. The molecule has 3 N–H and O–H groups in total. The molecule has 0 heterocycles. The lowest BCUT2D eigenvalue weighted by Gasteiger charge is -2.22. The van der Waals surface area contributed by atoms with E-state index in [4.69, 9.17) is 0 Å². The number of nitrogens with one attached hydrogen (secondary N) is 1. The number of amides is 1. The molecule has 1 amide bonds. The summed E-state index contributed by atoms with van der Waals surface area (Å²) < 4.78 is 0. The standard InChI is InChI=1S/C55H101NO3/c1-3-5-7-9-11-13-15-17-19-21-23-25-26-27-28-29-31-32-34-36-38-40-42-44-46-48-50-54(58)53(52-57)56-55(59)51-49-47-45-43-41-39-37-35-33-30-24-22-20-18-16-14-12-10-8-6-4-2/h6,8,12,14,18,20,24,30,35,37,53-54,57-58H,3-5,7,9-11,13,15-17,19,21-23,25-29,31-34,36,38-52H2,1-2H3,(H,56,59)/b8-6-,14-12-,20-18-,30-24-,37-35-. The number of hydrogen-bond acceptors (Lipinski definition) is 3. The van der Waals surface area contributed by atoms with Gasteiger partial charge in [-0.05, 0) is 57.8 Å². The summed E-state index contributed by atoms with van der Waals surface area (Å²) in [5.74, 6) is -0.0492. The topological polar surface area (TPSA) is 69.6 Å². The van der Waals surface area contributed by atoms with Crippen LogP contribution in [0.1, 0.15) is 264 Å². The molecule has 59 heavy (non-hydrogen) atoms. The predicted molar refractivity (Wildman–Crippen MR) is 262 cm³/mol. The number of aliphatic hydroxyl groups excluding tert-OH is 2. The first kappa shape index (κ1) is 57.1.